The molecule has 1 aliphatic carbocycles. The second kappa shape index (κ2) is 11.0. The normalized spacial score (nSPS) is 18.1. The topological polar surface area (TPSA) is 17.1 Å². The average Bonchev–Trinajstić information content (AvgIpc) is 2.76. The summed E-state index contributed by atoms with van der Waals surface area (Å²) in [5.74, 6) is -8.48. The van der Waals surface area contributed by atoms with Crippen molar-refractivity contribution in [3.63, 3.8) is 0 Å². The maximum atomic E-state index is 14.9. The highest BCUT2D eigenvalue weighted by Crippen LogP contribution is 2.42. The van der Waals surface area contributed by atoms with Crippen LogP contribution in [0.3, 0.4) is 0 Å². The highest BCUT2D eigenvalue weighted by molar-refractivity contribution is 9.10. The van der Waals surface area contributed by atoms with Crippen molar-refractivity contribution in [3.05, 3.63) is 74.2 Å². The number of Topliss-reactive ketones (excluding diaryl/α,β-unsaturated/α-hetero) is 1. The standard InChI is InChI=1S/C25H19BrClF9O/c26-16-8-15(9-17(27)11-16)19(24(31,32)33)12-21(28)14-1-2-18(20(10-14)25(34,35)36)22(37)7-13-3-5-23(29,30)6-4-13/h1-2,8-13,19H,3-7H2/b21-12-. The van der Waals surface area contributed by atoms with Gasteiger partial charge in [-0.05, 0) is 54.7 Å². The Morgan fingerprint density at radius 2 is 1.68 bits per heavy atom. The van der Waals surface area contributed by atoms with E-state index in [1.165, 1.54) is 6.07 Å². The minimum Gasteiger partial charge on any atom is -0.294 e. The summed E-state index contributed by atoms with van der Waals surface area (Å²) in [6.45, 7) is 0. The molecule has 202 valence electrons. The highest BCUT2D eigenvalue weighted by Gasteiger charge is 2.41. The predicted molar refractivity (Wildman–Crippen MR) is 124 cm³/mol. The molecule has 1 unspecified atom stereocenters. The molecule has 37 heavy (non-hydrogen) atoms. The molecule has 0 aliphatic heterocycles. The number of carbonyl (C=O) groups excluding carboxylic acids is 1. The molecule has 1 atom stereocenters. The second-order valence-corrected chi connectivity index (χ2v) is 10.3. The highest BCUT2D eigenvalue weighted by atomic mass is 79.9. The largest absolute Gasteiger partial charge is 0.417 e. The van der Waals surface area contributed by atoms with Crippen LogP contribution in [0.1, 0.15) is 65.1 Å². The first-order chi connectivity index (χ1) is 17.0. The molecule has 0 spiro atoms. The first-order valence-electron chi connectivity index (χ1n) is 11.0. The second-order valence-electron chi connectivity index (χ2n) is 8.92. The zero-order valence-corrected chi connectivity index (χ0v) is 21.1. The number of carbonyl (C=O) groups is 1. The Balaban J connectivity index is 1.95. The molecule has 2 aromatic rings. The Morgan fingerprint density at radius 3 is 2.22 bits per heavy atom. The van der Waals surface area contributed by atoms with Crippen LogP contribution in [-0.2, 0) is 6.18 Å². The number of ketones is 1. The van der Waals surface area contributed by atoms with E-state index in [0.29, 0.717) is 6.07 Å². The summed E-state index contributed by atoms with van der Waals surface area (Å²) in [5, 5.41) is -0.0728. The van der Waals surface area contributed by atoms with Crippen molar-refractivity contribution >= 4 is 39.1 Å². The zero-order valence-electron chi connectivity index (χ0n) is 18.8. The molecule has 0 aromatic heterocycles. The molecule has 1 aliphatic rings. The molecular weight excluding hydrogens is 603 g/mol. The monoisotopic (exact) mass is 620 g/mol. The Labute approximate surface area is 219 Å². The van der Waals surface area contributed by atoms with Gasteiger partial charge in [-0.25, -0.2) is 13.2 Å². The summed E-state index contributed by atoms with van der Waals surface area (Å²) in [5.41, 5.74) is -3.57. The van der Waals surface area contributed by atoms with Crippen molar-refractivity contribution < 1.29 is 44.3 Å². The summed E-state index contributed by atoms with van der Waals surface area (Å²) >= 11 is 8.79. The molecule has 1 saturated carbocycles. The van der Waals surface area contributed by atoms with Gasteiger partial charge in [-0.15, -0.1) is 0 Å². The van der Waals surface area contributed by atoms with E-state index in [4.69, 9.17) is 11.6 Å². The van der Waals surface area contributed by atoms with Crippen molar-refractivity contribution in [3.8, 4) is 0 Å². The number of hydrogen-bond donors (Lipinski definition) is 0. The lowest BCUT2D eigenvalue weighted by Crippen LogP contribution is -2.26. The van der Waals surface area contributed by atoms with Crippen LogP contribution in [0.2, 0.25) is 5.02 Å². The molecular formula is C25H19BrClF9O. The summed E-state index contributed by atoms with van der Waals surface area (Å²) in [6.07, 6.45) is -11.4. The van der Waals surface area contributed by atoms with E-state index in [0.717, 1.165) is 18.2 Å². The molecule has 12 heteroatoms. The number of halogens is 11. The first kappa shape index (κ1) is 29.5. The maximum Gasteiger partial charge on any atom is 0.417 e. The van der Waals surface area contributed by atoms with Crippen LogP contribution in [0.4, 0.5) is 39.5 Å². The van der Waals surface area contributed by atoms with Crippen LogP contribution in [0.15, 0.2) is 46.9 Å². The van der Waals surface area contributed by atoms with E-state index < -0.39 is 83.2 Å². The van der Waals surface area contributed by atoms with Gasteiger partial charge >= 0.3 is 12.4 Å². The molecule has 3 rings (SSSR count). The zero-order chi connectivity index (χ0) is 27.8. The van der Waals surface area contributed by atoms with E-state index in [-0.39, 0.29) is 34.5 Å². The van der Waals surface area contributed by atoms with Gasteiger partial charge in [-0.3, -0.25) is 4.79 Å². The van der Waals surface area contributed by atoms with Crippen molar-refractivity contribution in [2.75, 3.05) is 0 Å². The minimum atomic E-state index is -5.12. The van der Waals surface area contributed by atoms with Crippen LogP contribution < -0.4 is 0 Å². The van der Waals surface area contributed by atoms with E-state index >= 15 is 0 Å². The molecule has 1 fully saturated rings. The van der Waals surface area contributed by atoms with Gasteiger partial charge in [0.25, 0.3) is 0 Å². The summed E-state index contributed by atoms with van der Waals surface area (Å²) in [4.78, 5) is 12.6. The lowest BCUT2D eigenvalue weighted by atomic mass is 9.82. The van der Waals surface area contributed by atoms with Gasteiger partial charge in [0.15, 0.2) is 5.78 Å². The van der Waals surface area contributed by atoms with E-state index in [2.05, 4.69) is 15.9 Å². The van der Waals surface area contributed by atoms with Crippen molar-refractivity contribution in [1.82, 2.24) is 0 Å². The van der Waals surface area contributed by atoms with E-state index in [9.17, 15) is 44.3 Å². The fraction of sp³-hybridized carbons (Fsp3) is 0.400. The minimum absolute atomic E-state index is 0.0337. The van der Waals surface area contributed by atoms with Gasteiger partial charge < -0.3 is 0 Å². The van der Waals surface area contributed by atoms with Crippen molar-refractivity contribution in [2.24, 2.45) is 5.92 Å². The summed E-state index contributed by atoms with van der Waals surface area (Å²) in [6, 6.07) is 5.07. The number of hydrogen-bond acceptors (Lipinski definition) is 1. The van der Waals surface area contributed by atoms with E-state index in [1.807, 2.05) is 0 Å². The fourth-order valence-electron chi connectivity index (χ4n) is 4.22. The third-order valence-corrected chi connectivity index (χ3v) is 6.80. The van der Waals surface area contributed by atoms with Crippen LogP contribution in [0, 0.1) is 5.92 Å². The van der Waals surface area contributed by atoms with Crippen LogP contribution >= 0.6 is 27.5 Å². The smallest absolute Gasteiger partial charge is 0.294 e. The summed E-state index contributed by atoms with van der Waals surface area (Å²) in [7, 11) is 0. The summed E-state index contributed by atoms with van der Waals surface area (Å²) < 4.78 is 124. The van der Waals surface area contributed by atoms with Gasteiger partial charge in [-0.2, -0.15) is 26.3 Å². The van der Waals surface area contributed by atoms with Crippen LogP contribution in [0.5, 0.6) is 0 Å². The SMILES string of the molecule is O=C(CC1CCC(F)(F)CC1)c1ccc(/C(F)=C/C(c2cc(Cl)cc(Br)c2)C(F)(F)F)cc1C(F)(F)F. The van der Waals surface area contributed by atoms with Gasteiger partial charge in [-0.1, -0.05) is 39.7 Å². The Morgan fingerprint density at radius 1 is 1.05 bits per heavy atom. The lowest BCUT2D eigenvalue weighted by molar-refractivity contribution is -0.140. The molecule has 0 heterocycles. The molecule has 0 amide bonds. The van der Waals surface area contributed by atoms with Gasteiger partial charge in [0.05, 0.1) is 5.56 Å². The van der Waals surface area contributed by atoms with E-state index in [1.54, 1.807) is 0 Å². The maximum absolute atomic E-state index is 14.9. The van der Waals surface area contributed by atoms with Gasteiger partial charge in [0, 0.05) is 39.9 Å². The number of rotatable bonds is 6. The molecule has 0 saturated heterocycles. The predicted octanol–water partition coefficient (Wildman–Crippen LogP) is 10.2. The molecule has 1 nitrogen and oxygen atoms in total. The quantitative estimate of drug-likeness (QED) is 0.232. The number of benzene rings is 2. The number of alkyl halides is 8. The van der Waals surface area contributed by atoms with Crippen LogP contribution in [0.25, 0.3) is 5.83 Å². The third-order valence-electron chi connectivity index (χ3n) is 6.12. The Bertz CT molecular complexity index is 1160. The van der Waals surface area contributed by atoms with Gasteiger partial charge in [0.1, 0.15) is 11.7 Å². The van der Waals surface area contributed by atoms with Crippen molar-refractivity contribution in [2.45, 2.75) is 56.3 Å². The molecule has 0 N–H and O–H groups in total. The van der Waals surface area contributed by atoms with Crippen LogP contribution in [-0.4, -0.2) is 17.9 Å². The molecule has 0 radical (unpaired) electrons. The first-order valence-corrected chi connectivity index (χ1v) is 12.2. The van der Waals surface area contributed by atoms with Crippen molar-refractivity contribution in [1.29, 1.82) is 0 Å². The lowest BCUT2D eigenvalue weighted by Gasteiger charge is -2.28. The Hall–Kier alpha value is -2.01. The molecule has 0 bridgehead atoms. The third kappa shape index (κ3) is 7.75. The Kier molecular flexibility index (Phi) is 8.78. The fourth-order valence-corrected chi connectivity index (χ4v) is 5.11. The van der Waals surface area contributed by atoms with Gasteiger partial charge in [0.2, 0.25) is 5.92 Å². The average molecular weight is 622 g/mol. The number of allylic oxidation sites excluding steroid dienone is 1. The molecule has 2 aromatic carbocycles.